The summed E-state index contributed by atoms with van der Waals surface area (Å²) in [6.07, 6.45) is -0.0104. The zero-order chi connectivity index (χ0) is 19.4. The highest BCUT2D eigenvalue weighted by Crippen LogP contribution is 2.56. The van der Waals surface area contributed by atoms with E-state index in [2.05, 4.69) is 13.2 Å². The molecule has 1 aliphatic heterocycles. The Morgan fingerprint density at radius 3 is 2.77 bits per heavy atom. The number of carbonyl (C=O) groups is 2. The summed E-state index contributed by atoms with van der Waals surface area (Å²) in [5.74, 6) is -1.84. The molecule has 2 aliphatic carbocycles. The van der Waals surface area contributed by atoms with E-state index in [9.17, 15) is 19.8 Å². The van der Waals surface area contributed by atoms with Gasteiger partial charge in [0.2, 0.25) is 0 Å². The Labute approximate surface area is 153 Å². The van der Waals surface area contributed by atoms with Crippen LogP contribution >= 0.6 is 0 Å². The van der Waals surface area contributed by atoms with Crippen molar-refractivity contribution in [1.82, 2.24) is 0 Å². The SMILES string of the molecule is C=C(C(=O)O[C@@H]1C[C@@]2(C)[C@H](O)CC=C(C)[C@@H]2[C@H]2OC(=O)C(=C)[C@@H]21)C(C)O. The van der Waals surface area contributed by atoms with Gasteiger partial charge >= 0.3 is 11.9 Å². The van der Waals surface area contributed by atoms with Crippen LogP contribution in [-0.4, -0.2) is 46.6 Å². The lowest BCUT2D eigenvalue weighted by atomic mass is 9.54. The molecule has 6 nitrogen and oxygen atoms in total. The molecule has 0 aromatic carbocycles. The van der Waals surface area contributed by atoms with Crippen LogP contribution in [0.5, 0.6) is 0 Å². The average molecular weight is 362 g/mol. The van der Waals surface area contributed by atoms with Crippen molar-refractivity contribution in [2.45, 2.75) is 58.0 Å². The topological polar surface area (TPSA) is 93.1 Å². The molecule has 26 heavy (non-hydrogen) atoms. The predicted octanol–water partition coefficient (Wildman–Crippen LogP) is 1.67. The lowest BCUT2D eigenvalue weighted by Crippen LogP contribution is -2.57. The lowest BCUT2D eigenvalue weighted by molar-refractivity contribution is -0.173. The van der Waals surface area contributed by atoms with Gasteiger partial charge in [0, 0.05) is 16.9 Å². The molecule has 1 unspecified atom stereocenters. The number of aliphatic hydroxyl groups is 2. The Balaban J connectivity index is 1.97. The smallest absolute Gasteiger partial charge is 0.336 e. The van der Waals surface area contributed by atoms with Gasteiger partial charge in [-0.3, -0.25) is 0 Å². The minimum absolute atomic E-state index is 0.0510. The maximum Gasteiger partial charge on any atom is 0.336 e. The molecule has 0 aromatic rings. The maximum atomic E-state index is 12.3. The minimum atomic E-state index is -1.03. The second kappa shape index (κ2) is 6.35. The predicted molar refractivity (Wildman–Crippen MR) is 93.8 cm³/mol. The molecule has 3 rings (SSSR count). The summed E-state index contributed by atoms with van der Waals surface area (Å²) < 4.78 is 11.2. The monoisotopic (exact) mass is 362 g/mol. The standard InChI is InChI=1S/C20H26O6/c1-9-6-7-14(22)20(5)8-13(25-18(23)10(2)12(4)21)15-11(3)19(24)26-17(15)16(9)20/h6,12-17,21-22H,2-3,7-8H2,1,4-5H3/t12?,13-,14-,15-,16-,17+,20+/m1/s1. The van der Waals surface area contributed by atoms with Crippen LogP contribution in [0.2, 0.25) is 0 Å². The third-order valence-corrected chi connectivity index (χ3v) is 6.28. The van der Waals surface area contributed by atoms with E-state index in [0.717, 1.165) is 5.57 Å². The van der Waals surface area contributed by atoms with Gasteiger partial charge in [-0.2, -0.15) is 0 Å². The van der Waals surface area contributed by atoms with Crippen LogP contribution in [-0.2, 0) is 19.1 Å². The molecule has 2 N–H and O–H groups in total. The van der Waals surface area contributed by atoms with Gasteiger partial charge in [-0.15, -0.1) is 0 Å². The Morgan fingerprint density at radius 1 is 1.50 bits per heavy atom. The van der Waals surface area contributed by atoms with Crippen molar-refractivity contribution >= 4 is 11.9 Å². The molecule has 1 saturated carbocycles. The second-order valence-corrected chi connectivity index (χ2v) is 7.95. The molecule has 0 amide bonds. The van der Waals surface area contributed by atoms with Crippen molar-refractivity contribution in [3.8, 4) is 0 Å². The van der Waals surface area contributed by atoms with Crippen molar-refractivity contribution in [3.05, 3.63) is 36.0 Å². The number of esters is 2. The molecule has 0 aromatic heterocycles. The summed E-state index contributed by atoms with van der Waals surface area (Å²) in [6.45, 7) is 12.8. The third-order valence-electron chi connectivity index (χ3n) is 6.28. The van der Waals surface area contributed by atoms with E-state index in [-0.39, 0.29) is 17.1 Å². The van der Waals surface area contributed by atoms with Crippen molar-refractivity contribution < 1.29 is 29.3 Å². The molecule has 3 aliphatic rings. The van der Waals surface area contributed by atoms with Crippen LogP contribution in [0, 0.1) is 17.3 Å². The lowest BCUT2D eigenvalue weighted by Gasteiger charge is -2.53. The number of hydrogen-bond acceptors (Lipinski definition) is 6. The first-order valence-corrected chi connectivity index (χ1v) is 8.90. The molecule has 2 fully saturated rings. The van der Waals surface area contributed by atoms with Gasteiger partial charge in [0.05, 0.1) is 23.7 Å². The maximum absolute atomic E-state index is 12.3. The van der Waals surface area contributed by atoms with Gasteiger partial charge in [0.15, 0.2) is 0 Å². The van der Waals surface area contributed by atoms with Gasteiger partial charge in [-0.05, 0) is 26.7 Å². The van der Waals surface area contributed by atoms with E-state index in [1.807, 2.05) is 19.9 Å². The summed E-state index contributed by atoms with van der Waals surface area (Å²) in [5, 5.41) is 20.2. The Morgan fingerprint density at radius 2 is 2.15 bits per heavy atom. The number of rotatable bonds is 3. The summed E-state index contributed by atoms with van der Waals surface area (Å²) in [6, 6.07) is 0. The van der Waals surface area contributed by atoms with E-state index in [1.54, 1.807) is 0 Å². The molecular formula is C20H26O6. The number of fused-ring (bicyclic) bond motifs is 3. The van der Waals surface area contributed by atoms with E-state index < -0.39 is 47.7 Å². The van der Waals surface area contributed by atoms with Crippen molar-refractivity contribution in [1.29, 1.82) is 0 Å². The highest BCUT2D eigenvalue weighted by atomic mass is 16.6. The number of hydrogen-bond donors (Lipinski definition) is 2. The first-order chi connectivity index (χ1) is 12.1. The minimum Gasteiger partial charge on any atom is -0.458 e. The van der Waals surface area contributed by atoms with E-state index >= 15 is 0 Å². The molecule has 1 heterocycles. The van der Waals surface area contributed by atoms with Crippen LogP contribution in [0.4, 0.5) is 0 Å². The molecule has 0 radical (unpaired) electrons. The van der Waals surface area contributed by atoms with Crippen LogP contribution in [0.15, 0.2) is 36.0 Å². The zero-order valence-electron chi connectivity index (χ0n) is 15.4. The molecular weight excluding hydrogens is 336 g/mol. The average Bonchev–Trinajstić information content (AvgIpc) is 2.85. The van der Waals surface area contributed by atoms with Gasteiger partial charge < -0.3 is 19.7 Å². The van der Waals surface area contributed by atoms with Crippen molar-refractivity contribution in [3.63, 3.8) is 0 Å². The fraction of sp³-hybridized carbons (Fsp3) is 0.600. The van der Waals surface area contributed by atoms with E-state index in [1.165, 1.54) is 6.92 Å². The van der Waals surface area contributed by atoms with E-state index in [4.69, 9.17) is 9.47 Å². The van der Waals surface area contributed by atoms with Crippen molar-refractivity contribution in [2.75, 3.05) is 0 Å². The summed E-state index contributed by atoms with van der Waals surface area (Å²) >= 11 is 0. The van der Waals surface area contributed by atoms with Crippen LogP contribution in [0.25, 0.3) is 0 Å². The molecule has 6 heteroatoms. The largest absolute Gasteiger partial charge is 0.458 e. The van der Waals surface area contributed by atoms with Gasteiger partial charge in [0.1, 0.15) is 12.2 Å². The highest BCUT2D eigenvalue weighted by molar-refractivity contribution is 5.92. The van der Waals surface area contributed by atoms with Gasteiger partial charge in [-0.1, -0.05) is 31.7 Å². The Bertz CT molecular complexity index is 705. The Hall–Kier alpha value is -1.92. The molecule has 0 bridgehead atoms. The van der Waals surface area contributed by atoms with Gasteiger partial charge in [-0.25, -0.2) is 9.59 Å². The zero-order valence-corrected chi connectivity index (χ0v) is 15.4. The summed E-state index contributed by atoms with van der Waals surface area (Å²) in [5.41, 5.74) is 0.700. The third kappa shape index (κ3) is 2.72. The summed E-state index contributed by atoms with van der Waals surface area (Å²) in [4.78, 5) is 24.5. The van der Waals surface area contributed by atoms with Crippen molar-refractivity contribution in [2.24, 2.45) is 17.3 Å². The van der Waals surface area contributed by atoms with Crippen LogP contribution < -0.4 is 0 Å². The fourth-order valence-corrected chi connectivity index (χ4v) is 4.70. The molecule has 0 spiro atoms. The first kappa shape index (κ1) is 18.9. The van der Waals surface area contributed by atoms with E-state index in [0.29, 0.717) is 12.8 Å². The van der Waals surface area contributed by atoms with Crippen LogP contribution in [0.3, 0.4) is 0 Å². The highest BCUT2D eigenvalue weighted by Gasteiger charge is 2.61. The first-order valence-electron chi connectivity index (χ1n) is 8.90. The fourth-order valence-electron chi connectivity index (χ4n) is 4.70. The Kier molecular flexibility index (Phi) is 4.61. The molecule has 142 valence electrons. The number of carbonyl (C=O) groups excluding carboxylic acids is 2. The normalized spacial score (nSPS) is 40.0. The van der Waals surface area contributed by atoms with Crippen LogP contribution in [0.1, 0.15) is 33.6 Å². The molecule has 1 saturated heterocycles. The molecule has 7 atom stereocenters. The second-order valence-electron chi connectivity index (χ2n) is 7.95. The quantitative estimate of drug-likeness (QED) is 0.451. The summed E-state index contributed by atoms with van der Waals surface area (Å²) in [7, 11) is 0. The van der Waals surface area contributed by atoms with Gasteiger partial charge in [0.25, 0.3) is 0 Å². The number of ether oxygens (including phenoxy) is 2. The number of aliphatic hydroxyl groups excluding tert-OH is 2.